The zero-order valence-corrected chi connectivity index (χ0v) is 12.8. The number of aromatic nitrogens is 1. The maximum atomic E-state index is 3.57. The van der Waals surface area contributed by atoms with Crippen molar-refractivity contribution in [2.24, 2.45) is 0 Å². The summed E-state index contributed by atoms with van der Waals surface area (Å²) in [6.07, 6.45) is 3.04. The van der Waals surface area contributed by atoms with Crippen LogP contribution in [0.1, 0.15) is 11.1 Å². The first-order valence-electron chi connectivity index (χ1n) is 5.73. The maximum absolute atomic E-state index is 3.57. The molecule has 1 nitrogen and oxygen atoms in total. The summed E-state index contributed by atoms with van der Waals surface area (Å²) in [6.45, 7) is 0. The van der Waals surface area contributed by atoms with Crippen LogP contribution in [0.4, 0.5) is 0 Å². The van der Waals surface area contributed by atoms with Gasteiger partial charge in [-0.3, -0.25) is 0 Å². The highest BCUT2D eigenvalue weighted by molar-refractivity contribution is 9.11. The van der Waals surface area contributed by atoms with Crippen molar-refractivity contribution in [2.75, 3.05) is 0 Å². The number of H-pyrrole nitrogens is 1. The molecule has 0 aliphatic heterocycles. The summed E-state index contributed by atoms with van der Waals surface area (Å²) in [5.74, 6) is 0. The average molecular weight is 365 g/mol. The van der Waals surface area contributed by atoms with Gasteiger partial charge in [0.15, 0.2) is 0 Å². The van der Waals surface area contributed by atoms with Crippen LogP contribution in [-0.2, 0) is 6.42 Å². The van der Waals surface area contributed by atoms with Crippen LogP contribution in [0.25, 0.3) is 10.9 Å². The third-order valence-corrected chi connectivity index (χ3v) is 4.25. The Hall–Kier alpha value is -1.06. The van der Waals surface area contributed by atoms with Crippen LogP contribution in [0, 0.1) is 0 Å². The molecule has 0 spiro atoms. The summed E-state index contributed by atoms with van der Waals surface area (Å²) in [6, 6.07) is 14.8. The molecule has 0 aliphatic rings. The molecule has 0 bridgehead atoms. The number of para-hydroxylation sites is 1. The van der Waals surface area contributed by atoms with Gasteiger partial charge in [-0.25, -0.2) is 0 Å². The number of hydrogen-bond donors (Lipinski definition) is 1. The van der Waals surface area contributed by atoms with Crippen LogP contribution in [0.5, 0.6) is 0 Å². The van der Waals surface area contributed by atoms with E-state index in [4.69, 9.17) is 0 Å². The second-order valence-corrected chi connectivity index (χ2v) is 6.05. The Kier molecular flexibility index (Phi) is 3.27. The summed E-state index contributed by atoms with van der Waals surface area (Å²) >= 11 is 7.03. The van der Waals surface area contributed by atoms with Gasteiger partial charge in [0.05, 0.1) is 5.52 Å². The molecule has 1 heterocycles. The Bertz CT molecular complexity index is 683. The predicted molar refractivity (Wildman–Crippen MR) is 82.9 cm³/mol. The Morgan fingerprint density at radius 2 is 1.72 bits per heavy atom. The van der Waals surface area contributed by atoms with E-state index < -0.39 is 0 Å². The summed E-state index contributed by atoms with van der Waals surface area (Å²) in [5.41, 5.74) is 3.82. The molecule has 3 heteroatoms. The third kappa shape index (κ3) is 2.25. The molecule has 0 amide bonds. The van der Waals surface area contributed by atoms with Crippen molar-refractivity contribution in [3.05, 3.63) is 68.7 Å². The van der Waals surface area contributed by atoms with Crippen LogP contribution in [-0.4, -0.2) is 4.98 Å². The zero-order valence-electron chi connectivity index (χ0n) is 9.58. The van der Waals surface area contributed by atoms with Crippen LogP contribution in [0.3, 0.4) is 0 Å². The molecule has 3 rings (SSSR count). The maximum Gasteiger partial charge on any atom is 0.0601 e. The van der Waals surface area contributed by atoms with Gasteiger partial charge in [-0.05, 0) is 51.7 Å². The van der Waals surface area contributed by atoms with E-state index in [1.807, 2.05) is 0 Å². The van der Waals surface area contributed by atoms with E-state index in [2.05, 4.69) is 85.5 Å². The molecule has 3 aromatic rings. The van der Waals surface area contributed by atoms with Crippen molar-refractivity contribution >= 4 is 42.8 Å². The van der Waals surface area contributed by atoms with Crippen molar-refractivity contribution in [1.29, 1.82) is 0 Å². The summed E-state index contributed by atoms with van der Waals surface area (Å²) in [4.78, 5) is 3.33. The van der Waals surface area contributed by atoms with Crippen LogP contribution in [0.2, 0.25) is 0 Å². The Labute approximate surface area is 122 Å². The topological polar surface area (TPSA) is 15.8 Å². The molecule has 0 saturated heterocycles. The number of hydrogen-bond acceptors (Lipinski definition) is 0. The van der Waals surface area contributed by atoms with Crippen LogP contribution >= 0.6 is 31.9 Å². The normalized spacial score (nSPS) is 11.0. The van der Waals surface area contributed by atoms with Crippen molar-refractivity contribution in [3.8, 4) is 0 Å². The first-order valence-corrected chi connectivity index (χ1v) is 7.31. The minimum Gasteiger partial charge on any atom is -0.360 e. The van der Waals surface area contributed by atoms with Crippen molar-refractivity contribution in [3.63, 3.8) is 0 Å². The summed E-state index contributed by atoms with van der Waals surface area (Å²) in [5, 5.41) is 1.28. The van der Waals surface area contributed by atoms with E-state index in [-0.39, 0.29) is 0 Å². The molecular weight excluding hydrogens is 354 g/mol. The molecule has 0 atom stereocenters. The van der Waals surface area contributed by atoms with Gasteiger partial charge >= 0.3 is 0 Å². The summed E-state index contributed by atoms with van der Waals surface area (Å²) in [7, 11) is 0. The number of fused-ring (bicyclic) bond motifs is 1. The molecule has 90 valence electrons. The van der Waals surface area contributed by atoms with Crippen LogP contribution < -0.4 is 0 Å². The Balaban J connectivity index is 2.00. The van der Waals surface area contributed by atoms with Crippen LogP contribution in [0.15, 0.2) is 57.6 Å². The number of halogens is 2. The van der Waals surface area contributed by atoms with Gasteiger partial charge in [0.1, 0.15) is 0 Å². The number of nitrogens with one attached hydrogen (secondary N) is 1. The van der Waals surface area contributed by atoms with Gasteiger partial charge in [-0.15, -0.1) is 0 Å². The smallest absolute Gasteiger partial charge is 0.0601 e. The van der Waals surface area contributed by atoms with E-state index in [1.165, 1.54) is 22.0 Å². The van der Waals surface area contributed by atoms with Gasteiger partial charge in [0.25, 0.3) is 0 Å². The Morgan fingerprint density at radius 1 is 0.944 bits per heavy atom. The second-order valence-electron chi connectivity index (χ2n) is 4.28. The fourth-order valence-electron chi connectivity index (χ4n) is 2.14. The highest BCUT2D eigenvalue weighted by Crippen LogP contribution is 2.27. The standard InChI is InChI=1S/C15H11Br2N/c16-12-6-4-10(5-7-12)8-11-9-18-15-13(11)2-1-3-14(15)17/h1-7,9,18H,8H2. The average Bonchev–Trinajstić information content (AvgIpc) is 2.77. The molecule has 0 radical (unpaired) electrons. The highest BCUT2D eigenvalue weighted by atomic mass is 79.9. The van der Waals surface area contributed by atoms with E-state index in [9.17, 15) is 0 Å². The van der Waals surface area contributed by atoms with Gasteiger partial charge in [0.2, 0.25) is 0 Å². The molecule has 0 saturated carbocycles. The Morgan fingerprint density at radius 3 is 2.50 bits per heavy atom. The van der Waals surface area contributed by atoms with E-state index in [0.29, 0.717) is 0 Å². The zero-order chi connectivity index (χ0) is 12.5. The van der Waals surface area contributed by atoms with Gasteiger partial charge in [0, 0.05) is 20.5 Å². The highest BCUT2D eigenvalue weighted by Gasteiger charge is 2.06. The molecule has 1 N–H and O–H groups in total. The molecule has 0 aliphatic carbocycles. The predicted octanol–water partition coefficient (Wildman–Crippen LogP) is 5.28. The van der Waals surface area contributed by atoms with Crippen molar-refractivity contribution in [1.82, 2.24) is 4.98 Å². The molecular formula is C15H11Br2N. The minimum atomic E-state index is 0.948. The largest absolute Gasteiger partial charge is 0.360 e. The lowest BCUT2D eigenvalue weighted by atomic mass is 10.0. The molecule has 1 aromatic heterocycles. The van der Waals surface area contributed by atoms with E-state index in [1.54, 1.807) is 0 Å². The quantitative estimate of drug-likeness (QED) is 0.636. The first-order chi connectivity index (χ1) is 8.74. The van der Waals surface area contributed by atoms with Gasteiger partial charge in [-0.2, -0.15) is 0 Å². The fourth-order valence-corrected chi connectivity index (χ4v) is 2.89. The van der Waals surface area contributed by atoms with Gasteiger partial charge < -0.3 is 4.98 Å². The molecule has 18 heavy (non-hydrogen) atoms. The molecule has 2 aromatic carbocycles. The number of benzene rings is 2. The van der Waals surface area contributed by atoms with Crippen molar-refractivity contribution < 1.29 is 0 Å². The molecule has 0 fully saturated rings. The van der Waals surface area contributed by atoms with Crippen molar-refractivity contribution in [2.45, 2.75) is 6.42 Å². The second kappa shape index (κ2) is 4.90. The molecule has 0 unspecified atom stereocenters. The fraction of sp³-hybridized carbons (Fsp3) is 0.0667. The lowest BCUT2D eigenvalue weighted by molar-refractivity contribution is 1.20. The lowest BCUT2D eigenvalue weighted by Crippen LogP contribution is -1.86. The van der Waals surface area contributed by atoms with E-state index in [0.717, 1.165) is 15.4 Å². The van der Waals surface area contributed by atoms with Gasteiger partial charge in [-0.1, -0.05) is 40.2 Å². The SMILES string of the molecule is Brc1ccc(Cc2c[nH]c3c(Br)cccc23)cc1. The number of aromatic amines is 1. The number of rotatable bonds is 2. The summed E-state index contributed by atoms with van der Waals surface area (Å²) < 4.78 is 2.23. The third-order valence-electron chi connectivity index (χ3n) is 3.06. The monoisotopic (exact) mass is 363 g/mol. The first kappa shape index (κ1) is 12.0. The van der Waals surface area contributed by atoms with E-state index >= 15 is 0 Å². The lowest BCUT2D eigenvalue weighted by Gasteiger charge is -2.01. The minimum absolute atomic E-state index is 0.948.